The Morgan fingerprint density at radius 2 is 1.86 bits per heavy atom. The van der Waals surface area contributed by atoms with Gasteiger partial charge in [0.15, 0.2) is 0 Å². The summed E-state index contributed by atoms with van der Waals surface area (Å²) in [5.74, 6) is -3.82. The Labute approximate surface area is 112 Å². The molecule has 0 aromatic heterocycles. The fourth-order valence-corrected chi connectivity index (χ4v) is 1.72. The molecule has 0 spiro atoms. The van der Waals surface area contributed by atoms with Gasteiger partial charge in [0.25, 0.3) is 0 Å². The van der Waals surface area contributed by atoms with Crippen LogP contribution >= 0.6 is 0 Å². The van der Waals surface area contributed by atoms with Crippen LogP contribution in [-0.4, -0.2) is 59.9 Å². The van der Waals surface area contributed by atoms with E-state index in [4.69, 9.17) is 10.2 Å². The first-order valence-electron chi connectivity index (χ1n) is 4.16. The van der Waals surface area contributed by atoms with E-state index in [9.17, 15) is 9.59 Å². The van der Waals surface area contributed by atoms with Gasteiger partial charge in [-0.3, -0.25) is 9.59 Å². The third-order valence-corrected chi connectivity index (χ3v) is 2.43. The second-order valence-corrected chi connectivity index (χ2v) is 3.33. The minimum absolute atomic E-state index is 0. The maximum atomic E-state index is 10.8. The van der Waals surface area contributed by atoms with Gasteiger partial charge in [0.05, 0.1) is 11.8 Å². The van der Waals surface area contributed by atoms with Gasteiger partial charge in [0, 0.05) is 37.7 Å². The van der Waals surface area contributed by atoms with Gasteiger partial charge >= 0.3 is 11.9 Å². The zero-order valence-electron chi connectivity index (χ0n) is 8.01. The summed E-state index contributed by atoms with van der Waals surface area (Å²) in [6.07, 6.45) is 3.82. The molecule has 3 unspecified atom stereocenters. The van der Waals surface area contributed by atoms with E-state index < -0.39 is 23.8 Å². The van der Waals surface area contributed by atoms with Crippen LogP contribution in [-0.2, 0) is 9.59 Å². The summed E-state index contributed by atoms with van der Waals surface area (Å²) in [7, 11) is 0. The summed E-state index contributed by atoms with van der Waals surface area (Å²) in [5, 5.41) is 17.6. The molecule has 0 aromatic rings. The van der Waals surface area contributed by atoms with E-state index in [1.807, 2.05) is 0 Å². The molecule has 2 radical (unpaired) electrons. The fraction of sp³-hybridized carbons (Fsp3) is 0.556. The third kappa shape index (κ3) is 2.97. The average molecular weight is 224 g/mol. The number of carboxylic acids is 2. The summed E-state index contributed by atoms with van der Waals surface area (Å²) in [4.78, 5) is 21.5. The van der Waals surface area contributed by atoms with Crippen molar-refractivity contribution < 1.29 is 19.8 Å². The van der Waals surface area contributed by atoms with Gasteiger partial charge in [-0.25, -0.2) is 0 Å². The van der Waals surface area contributed by atoms with Crippen LogP contribution in [0.5, 0.6) is 0 Å². The minimum atomic E-state index is -1.02. The first-order chi connectivity index (χ1) is 6.04. The van der Waals surface area contributed by atoms with Crippen LogP contribution in [0.2, 0.25) is 0 Å². The molecule has 0 saturated heterocycles. The molecule has 0 saturated carbocycles. The van der Waals surface area contributed by atoms with E-state index in [0.29, 0.717) is 6.42 Å². The molecule has 14 heavy (non-hydrogen) atoms. The molecule has 1 rings (SSSR count). The first kappa shape index (κ1) is 13.9. The van der Waals surface area contributed by atoms with E-state index in [2.05, 4.69) is 0 Å². The molecular weight excluding hydrogens is 212 g/mol. The van der Waals surface area contributed by atoms with Gasteiger partial charge in [-0.05, 0) is 12.3 Å². The van der Waals surface area contributed by atoms with Crippen LogP contribution in [0.4, 0.5) is 0 Å². The van der Waals surface area contributed by atoms with Crippen molar-refractivity contribution >= 4 is 49.7 Å². The Morgan fingerprint density at radius 3 is 2.21 bits per heavy atom. The molecule has 0 heterocycles. The maximum absolute atomic E-state index is 10.8. The molecule has 0 bridgehead atoms. The van der Waals surface area contributed by atoms with Crippen molar-refractivity contribution in [1.82, 2.24) is 0 Å². The summed E-state index contributed by atoms with van der Waals surface area (Å²) >= 11 is 0. The van der Waals surface area contributed by atoms with Gasteiger partial charge < -0.3 is 10.2 Å². The summed E-state index contributed by atoms with van der Waals surface area (Å²) < 4.78 is 0. The average Bonchev–Trinajstić information content (AvgIpc) is 2.02. The van der Waals surface area contributed by atoms with Crippen LogP contribution in [0.15, 0.2) is 12.2 Å². The molecule has 2 N–H and O–H groups in total. The topological polar surface area (TPSA) is 74.6 Å². The van der Waals surface area contributed by atoms with Crippen molar-refractivity contribution in [1.29, 1.82) is 0 Å². The van der Waals surface area contributed by atoms with Gasteiger partial charge in [0.2, 0.25) is 0 Å². The van der Waals surface area contributed by atoms with Crippen LogP contribution in [0.3, 0.4) is 0 Å². The van der Waals surface area contributed by atoms with Crippen LogP contribution in [0, 0.1) is 17.8 Å². The zero-order valence-corrected chi connectivity index (χ0v) is 10.2. The van der Waals surface area contributed by atoms with Gasteiger partial charge in [-0.1, -0.05) is 19.1 Å². The van der Waals surface area contributed by atoms with Gasteiger partial charge in [-0.15, -0.1) is 0 Å². The number of rotatable bonds is 2. The van der Waals surface area contributed by atoms with Crippen molar-refractivity contribution in [2.24, 2.45) is 17.8 Å². The quantitative estimate of drug-likeness (QED) is 0.532. The molecule has 3 atom stereocenters. The van der Waals surface area contributed by atoms with Crippen LogP contribution in [0.1, 0.15) is 13.3 Å². The molecule has 74 valence electrons. The Kier molecular flexibility index (Phi) is 5.71. The summed E-state index contributed by atoms with van der Waals surface area (Å²) in [6.45, 7) is 1.73. The monoisotopic (exact) mass is 224 g/mol. The van der Waals surface area contributed by atoms with Crippen molar-refractivity contribution in [2.45, 2.75) is 13.3 Å². The smallest absolute Gasteiger partial charge is 0.307 e. The number of carbonyl (C=O) groups is 2. The molecule has 0 aliphatic heterocycles. The molecular formula is C9H12CaO4. The molecule has 0 fully saturated rings. The zero-order chi connectivity index (χ0) is 10.0. The van der Waals surface area contributed by atoms with Gasteiger partial charge in [0.1, 0.15) is 0 Å². The molecule has 1 aliphatic carbocycles. The Morgan fingerprint density at radius 1 is 1.29 bits per heavy atom. The summed E-state index contributed by atoms with van der Waals surface area (Å²) in [6, 6.07) is 0. The first-order valence-corrected chi connectivity index (χ1v) is 4.16. The number of allylic oxidation sites excluding steroid dienone is 2. The summed E-state index contributed by atoms with van der Waals surface area (Å²) in [5.41, 5.74) is 0. The SMILES string of the molecule is CC1C=CCC(C(=O)O)C1C(=O)O.[Ca]. The predicted octanol–water partition coefficient (Wildman–Crippen LogP) is 0.603. The van der Waals surface area contributed by atoms with Crippen molar-refractivity contribution in [2.75, 3.05) is 0 Å². The maximum Gasteiger partial charge on any atom is 0.307 e. The third-order valence-electron chi connectivity index (χ3n) is 2.43. The number of hydrogen-bond donors (Lipinski definition) is 2. The van der Waals surface area contributed by atoms with E-state index in [1.165, 1.54) is 0 Å². The van der Waals surface area contributed by atoms with Crippen molar-refractivity contribution in [3.8, 4) is 0 Å². The molecule has 0 amide bonds. The van der Waals surface area contributed by atoms with Crippen molar-refractivity contribution in [3.05, 3.63) is 12.2 Å². The Balaban J connectivity index is 0.00000169. The van der Waals surface area contributed by atoms with Crippen molar-refractivity contribution in [3.63, 3.8) is 0 Å². The molecule has 1 aliphatic rings. The minimum Gasteiger partial charge on any atom is -0.481 e. The molecule has 5 heteroatoms. The second-order valence-electron chi connectivity index (χ2n) is 3.33. The Hall–Kier alpha value is -0.0603. The molecule has 4 nitrogen and oxygen atoms in total. The van der Waals surface area contributed by atoms with Crippen LogP contribution < -0.4 is 0 Å². The fourth-order valence-electron chi connectivity index (χ4n) is 1.72. The van der Waals surface area contributed by atoms with E-state index in [1.54, 1.807) is 19.1 Å². The number of hydrogen-bond acceptors (Lipinski definition) is 2. The standard InChI is InChI=1S/C9H12O4.Ca/c1-5-3-2-4-6(8(10)11)7(5)9(12)13;/h2-3,5-7H,4H2,1H3,(H,10,11)(H,12,13);. The normalized spacial score (nSPS) is 30.5. The largest absolute Gasteiger partial charge is 0.481 e. The Bertz CT molecular complexity index is 262. The van der Waals surface area contributed by atoms with E-state index >= 15 is 0 Å². The second kappa shape index (κ2) is 5.73. The van der Waals surface area contributed by atoms with Gasteiger partial charge in [-0.2, -0.15) is 0 Å². The number of aliphatic carboxylic acids is 2. The van der Waals surface area contributed by atoms with Crippen LogP contribution in [0.25, 0.3) is 0 Å². The van der Waals surface area contributed by atoms with E-state index in [-0.39, 0.29) is 43.7 Å². The predicted molar refractivity (Wildman–Crippen MR) is 50.9 cm³/mol. The molecule has 0 aromatic carbocycles. The number of carboxylic acid groups (broad SMARTS) is 2. The van der Waals surface area contributed by atoms with E-state index in [0.717, 1.165) is 0 Å².